The van der Waals surface area contributed by atoms with Crippen LogP contribution in [0.1, 0.15) is 106 Å². The Morgan fingerprint density at radius 1 is 0.605 bits per heavy atom. The second-order valence-electron chi connectivity index (χ2n) is 13.2. The van der Waals surface area contributed by atoms with Crippen LogP contribution >= 0.6 is 0 Å². The van der Waals surface area contributed by atoms with Gasteiger partial charge in [-0.05, 0) is 60.4 Å². The zero-order valence-electron chi connectivity index (χ0n) is 26.4. The molecule has 0 saturated carbocycles. The van der Waals surface area contributed by atoms with E-state index in [4.69, 9.17) is 8.83 Å². The molecule has 3 rings (SSSR count). The number of aryl methyl sites for hydroxylation is 2. The Bertz CT molecular complexity index is 1210. The minimum absolute atomic E-state index is 0.103. The van der Waals surface area contributed by atoms with Gasteiger partial charge in [-0.1, -0.05) is 101 Å². The van der Waals surface area contributed by atoms with E-state index in [0.29, 0.717) is 34.4 Å². The van der Waals surface area contributed by atoms with Crippen LogP contribution in [-0.2, 0) is 0 Å². The Balaban J connectivity index is 2.44. The standard InChI is InChI=1S/C35H50O2Si/c1-21(2)35(22(3)4,23(5)6)17-15-29-31-19-27(13)37-34(31)30(32-20-28(14)36-33(29)32)16-18-38(24(7)8,25(9)10)26(11)12/h19-26H,1-14H3. The van der Waals surface area contributed by atoms with Gasteiger partial charge in [-0.25, -0.2) is 0 Å². The number of hydrogen-bond acceptors (Lipinski definition) is 2. The zero-order valence-corrected chi connectivity index (χ0v) is 27.4. The van der Waals surface area contributed by atoms with Gasteiger partial charge in [0, 0.05) is 16.2 Å². The monoisotopic (exact) mass is 530 g/mol. The Labute approximate surface area is 233 Å². The Morgan fingerprint density at radius 2 is 0.974 bits per heavy atom. The highest BCUT2D eigenvalue weighted by Crippen LogP contribution is 2.44. The fourth-order valence-electron chi connectivity index (χ4n) is 7.47. The lowest BCUT2D eigenvalue weighted by Gasteiger charge is -2.40. The van der Waals surface area contributed by atoms with E-state index in [9.17, 15) is 0 Å². The molecule has 0 fully saturated rings. The average Bonchev–Trinajstić information content (AvgIpc) is 3.35. The summed E-state index contributed by atoms with van der Waals surface area (Å²) in [6.07, 6.45) is 0. The molecular formula is C35H50O2Si. The van der Waals surface area contributed by atoms with Crippen molar-refractivity contribution in [3.05, 3.63) is 34.8 Å². The molecule has 3 heteroatoms. The number of benzene rings is 1. The summed E-state index contributed by atoms with van der Waals surface area (Å²) in [5.41, 5.74) is 9.06. The predicted octanol–water partition coefficient (Wildman–Crippen LogP) is 10.7. The molecule has 0 atom stereocenters. The van der Waals surface area contributed by atoms with Crippen molar-refractivity contribution in [2.24, 2.45) is 23.2 Å². The summed E-state index contributed by atoms with van der Waals surface area (Å²) in [7, 11) is -1.92. The Morgan fingerprint density at radius 3 is 1.32 bits per heavy atom. The van der Waals surface area contributed by atoms with Crippen molar-refractivity contribution in [3.63, 3.8) is 0 Å². The van der Waals surface area contributed by atoms with Crippen LogP contribution in [0.25, 0.3) is 21.9 Å². The van der Waals surface area contributed by atoms with Crippen LogP contribution < -0.4 is 0 Å². The van der Waals surface area contributed by atoms with Crippen molar-refractivity contribution < 1.29 is 8.83 Å². The number of furan rings is 2. The van der Waals surface area contributed by atoms with Gasteiger partial charge in [-0.15, -0.1) is 5.54 Å². The second kappa shape index (κ2) is 11.0. The van der Waals surface area contributed by atoms with Gasteiger partial charge in [-0.2, -0.15) is 0 Å². The zero-order chi connectivity index (χ0) is 28.7. The predicted molar refractivity (Wildman–Crippen MR) is 167 cm³/mol. The van der Waals surface area contributed by atoms with Crippen molar-refractivity contribution in [2.75, 3.05) is 0 Å². The highest BCUT2D eigenvalue weighted by Gasteiger charge is 2.42. The maximum atomic E-state index is 6.38. The highest BCUT2D eigenvalue weighted by molar-refractivity contribution is 6.90. The number of rotatable bonds is 6. The molecule has 0 aliphatic heterocycles. The molecule has 0 aliphatic carbocycles. The first-order valence-corrected chi connectivity index (χ1v) is 16.9. The van der Waals surface area contributed by atoms with Gasteiger partial charge in [0.2, 0.25) is 0 Å². The molecule has 0 unspecified atom stereocenters. The maximum Gasteiger partial charge on any atom is 0.152 e. The first-order valence-electron chi connectivity index (χ1n) is 14.6. The van der Waals surface area contributed by atoms with E-state index >= 15 is 0 Å². The first-order chi connectivity index (χ1) is 17.6. The summed E-state index contributed by atoms with van der Waals surface area (Å²) in [6.45, 7) is 31.9. The van der Waals surface area contributed by atoms with Crippen LogP contribution in [0.4, 0.5) is 0 Å². The van der Waals surface area contributed by atoms with Crippen molar-refractivity contribution in [1.82, 2.24) is 0 Å². The maximum absolute atomic E-state index is 6.38. The molecule has 0 radical (unpaired) electrons. The molecule has 2 aromatic heterocycles. The topological polar surface area (TPSA) is 26.3 Å². The number of fused-ring (bicyclic) bond motifs is 2. The molecule has 0 spiro atoms. The molecular weight excluding hydrogens is 480 g/mol. The average molecular weight is 531 g/mol. The quantitative estimate of drug-likeness (QED) is 0.234. The van der Waals surface area contributed by atoms with Gasteiger partial charge in [0.05, 0.1) is 11.1 Å². The largest absolute Gasteiger partial charge is 0.460 e. The van der Waals surface area contributed by atoms with Crippen LogP contribution in [0.3, 0.4) is 0 Å². The fourth-order valence-corrected chi connectivity index (χ4v) is 12.7. The third-order valence-corrected chi connectivity index (χ3v) is 15.5. The van der Waals surface area contributed by atoms with Gasteiger partial charge in [0.1, 0.15) is 19.6 Å². The van der Waals surface area contributed by atoms with Crippen molar-refractivity contribution in [2.45, 2.75) is 114 Å². The molecule has 0 aliphatic rings. The minimum atomic E-state index is -1.92. The fraction of sp³-hybridized carbons (Fsp3) is 0.600. The van der Waals surface area contributed by atoms with E-state index in [1.807, 2.05) is 13.8 Å². The summed E-state index contributed by atoms with van der Waals surface area (Å²) in [4.78, 5) is 0. The van der Waals surface area contributed by atoms with Crippen LogP contribution in [0.15, 0.2) is 21.0 Å². The number of hydrogen-bond donors (Lipinski definition) is 0. The molecule has 38 heavy (non-hydrogen) atoms. The van der Waals surface area contributed by atoms with Crippen LogP contribution in [0.5, 0.6) is 0 Å². The molecule has 206 valence electrons. The molecule has 0 saturated heterocycles. The summed E-state index contributed by atoms with van der Waals surface area (Å²) in [5.74, 6) is 14.2. The lowest BCUT2D eigenvalue weighted by molar-refractivity contribution is 0.123. The smallest absolute Gasteiger partial charge is 0.152 e. The van der Waals surface area contributed by atoms with Crippen molar-refractivity contribution in [3.8, 4) is 23.3 Å². The first kappa shape index (κ1) is 30.2. The van der Waals surface area contributed by atoms with Gasteiger partial charge in [0.15, 0.2) is 11.2 Å². The van der Waals surface area contributed by atoms with Gasteiger partial charge in [-0.3, -0.25) is 0 Å². The van der Waals surface area contributed by atoms with E-state index in [0.717, 1.165) is 44.6 Å². The third-order valence-electron chi connectivity index (χ3n) is 9.24. The van der Waals surface area contributed by atoms with Crippen molar-refractivity contribution >= 4 is 30.0 Å². The van der Waals surface area contributed by atoms with E-state index < -0.39 is 8.07 Å². The summed E-state index contributed by atoms with van der Waals surface area (Å²) >= 11 is 0. The molecule has 2 heterocycles. The molecule has 3 aromatic rings. The lowest BCUT2D eigenvalue weighted by atomic mass is 9.62. The Kier molecular flexibility index (Phi) is 8.75. The molecule has 1 aromatic carbocycles. The molecule has 2 nitrogen and oxygen atoms in total. The molecule has 0 amide bonds. The summed E-state index contributed by atoms with van der Waals surface area (Å²) < 4.78 is 12.8. The Hall–Kier alpha value is -2.36. The minimum Gasteiger partial charge on any atom is -0.460 e. The van der Waals surface area contributed by atoms with Gasteiger partial charge < -0.3 is 8.83 Å². The van der Waals surface area contributed by atoms with Crippen LogP contribution in [0.2, 0.25) is 16.6 Å². The SMILES string of the molecule is Cc1cc2c(C#C[Si](C(C)C)(C(C)C)C(C)C)c3oc(C)cc3c(C#CC(C(C)C)(C(C)C)C(C)C)c2o1. The van der Waals surface area contributed by atoms with E-state index in [1.54, 1.807) is 0 Å². The van der Waals surface area contributed by atoms with Crippen molar-refractivity contribution in [1.29, 1.82) is 0 Å². The molecule has 0 bridgehead atoms. The van der Waals surface area contributed by atoms with Gasteiger partial charge >= 0.3 is 0 Å². The van der Waals surface area contributed by atoms with E-state index in [-0.39, 0.29) is 5.41 Å². The van der Waals surface area contributed by atoms with Crippen LogP contribution in [-0.4, -0.2) is 8.07 Å². The normalized spacial score (nSPS) is 12.9. The van der Waals surface area contributed by atoms with Crippen LogP contribution in [0, 0.1) is 60.3 Å². The second-order valence-corrected chi connectivity index (χ2v) is 18.8. The summed E-state index contributed by atoms with van der Waals surface area (Å²) in [5, 5.41) is 2.03. The van der Waals surface area contributed by atoms with E-state index in [1.165, 1.54) is 0 Å². The van der Waals surface area contributed by atoms with E-state index in [2.05, 4.69) is 119 Å². The third kappa shape index (κ3) is 4.89. The molecule has 0 N–H and O–H groups in total. The highest BCUT2D eigenvalue weighted by atomic mass is 28.3. The lowest BCUT2D eigenvalue weighted by Crippen LogP contribution is -2.43. The van der Waals surface area contributed by atoms with Gasteiger partial charge in [0.25, 0.3) is 0 Å². The summed E-state index contributed by atoms with van der Waals surface area (Å²) in [6, 6.07) is 4.23.